The molecule has 0 spiro atoms. The molecule has 1 aliphatic heterocycles. The molecule has 0 aliphatic carbocycles. The molecule has 1 aliphatic rings. The van der Waals surface area contributed by atoms with Crippen molar-refractivity contribution in [1.82, 2.24) is 9.38 Å². The molecule has 5 heteroatoms. The molecule has 22 heavy (non-hydrogen) atoms. The monoisotopic (exact) mass is 293 g/mol. The third-order valence-corrected chi connectivity index (χ3v) is 4.11. The predicted molar refractivity (Wildman–Crippen MR) is 84.0 cm³/mol. The van der Waals surface area contributed by atoms with Crippen LogP contribution < -0.4 is 4.90 Å². The van der Waals surface area contributed by atoms with Crippen LogP contribution in [0.25, 0.3) is 16.9 Å². The highest BCUT2D eigenvalue weighted by molar-refractivity contribution is 5.94. The second-order valence-electron chi connectivity index (χ2n) is 5.51. The fourth-order valence-electron chi connectivity index (χ4n) is 3.03. The molecule has 0 fully saturated rings. The molecule has 0 atom stereocenters. The Balaban J connectivity index is 1.80. The fourth-order valence-corrected chi connectivity index (χ4v) is 3.03. The van der Waals surface area contributed by atoms with Crippen LogP contribution in [0.5, 0.6) is 5.75 Å². The molecule has 1 aromatic carbocycles. The maximum atomic E-state index is 11.6. The molecule has 1 N–H and O–H groups in total. The predicted octanol–water partition coefficient (Wildman–Crippen LogP) is 2.62. The van der Waals surface area contributed by atoms with Crippen LogP contribution in [-0.2, 0) is 11.2 Å². The van der Waals surface area contributed by atoms with E-state index in [1.165, 1.54) is 0 Å². The van der Waals surface area contributed by atoms with Crippen molar-refractivity contribution in [2.24, 2.45) is 0 Å². The van der Waals surface area contributed by atoms with E-state index in [0.29, 0.717) is 5.65 Å². The summed E-state index contributed by atoms with van der Waals surface area (Å²) in [5, 5.41) is 9.85. The zero-order chi connectivity index (χ0) is 15.3. The van der Waals surface area contributed by atoms with Gasteiger partial charge in [0.1, 0.15) is 0 Å². The van der Waals surface area contributed by atoms with Crippen molar-refractivity contribution in [3.8, 4) is 17.0 Å². The van der Waals surface area contributed by atoms with Crippen molar-refractivity contribution in [3.05, 3.63) is 48.3 Å². The van der Waals surface area contributed by atoms with Crippen LogP contribution in [-0.4, -0.2) is 26.9 Å². The van der Waals surface area contributed by atoms with Gasteiger partial charge in [0, 0.05) is 37.1 Å². The van der Waals surface area contributed by atoms with Gasteiger partial charge in [-0.1, -0.05) is 6.07 Å². The maximum absolute atomic E-state index is 11.6. The number of benzene rings is 1. The standard InChI is InChI=1S/C17H15N3O2/c1-11(21)20-8-6-13-9-12(4-5-15(13)20)14-10-19-7-2-3-16(22)17(19)18-14/h2-5,7,9-10,22H,6,8H2,1H3. The molecule has 0 saturated heterocycles. The molecular formula is C17H15N3O2. The Bertz CT molecular complexity index is 898. The average molecular weight is 293 g/mol. The van der Waals surface area contributed by atoms with E-state index in [1.807, 2.05) is 24.5 Å². The molecule has 3 aromatic rings. The lowest BCUT2D eigenvalue weighted by Gasteiger charge is -2.14. The van der Waals surface area contributed by atoms with Gasteiger partial charge < -0.3 is 14.4 Å². The van der Waals surface area contributed by atoms with Gasteiger partial charge in [-0.05, 0) is 36.2 Å². The quantitative estimate of drug-likeness (QED) is 0.750. The Morgan fingerprint density at radius 2 is 2.18 bits per heavy atom. The van der Waals surface area contributed by atoms with Crippen molar-refractivity contribution >= 4 is 17.2 Å². The number of hydrogen-bond donors (Lipinski definition) is 1. The number of fused-ring (bicyclic) bond motifs is 2. The molecule has 0 unspecified atom stereocenters. The number of amides is 1. The van der Waals surface area contributed by atoms with Crippen LogP contribution in [0.1, 0.15) is 12.5 Å². The molecule has 4 rings (SSSR count). The average Bonchev–Trinajstić information content (AvgIpc) is 3.11. The normalized spacial score (nSPS) is 13.6. The lowest BCUT2D eigenvalue weighted by atomic mass is 10.1. The third kappa shape index (κ3) is 1.86. The minimum absolute atomic E-state index is 0.0733. The second kappa shape index (κ2) is 4.59. The lowest BCUT2D eigenvalue weighted by molar-refractivity contribution is -0.116. The SMILES string of the molecule is CC(=O)N1CCc2cc(-c3cn4cccc(O)c4n3)ccc21. The van der Waals surface area contributed by atoms with E-state index < -0.39 is 0 Å². The molecule has 1 amide bonds. The zero-order valence-electron chi connectivity index (χ0n) is 12.2. The Morgan fingerprint density at radius 3 is 2.95 bits per heavy atom. The van der Waals surface area contributed by atoms with Gasteiger partial charge in [0.15, 0.2) is 11.4 Å². The summed E-state index contributed by atoms with van der Waals surface area (Å²) in [6.07, 6.45) is 4.62. The van der Waals surface area contributed by atoms with Crippen LogP contribution in [0.3, 0.4) is 0 Å². The van der Waals surface area contributed by atoms with E-state index in [-0.39, 0.29) is 11.7 Å². The molecular weight excluding hydrogens is 278 g/mol. The Hall–Kier alpha value is -2.82. The molecule has 0 saturated carbocycles. The highest BCUT2D eigenvalue weighted by Crippen LogP contribution is 2.32. The van der Waals surface area contributed by atoms with E-state index in [0.717, 1.165) is 35.5 Å². The minimum Gasteiger partial charge on any atom is -0.504 e. The van der Waals surface area contributed by atoms with Crippen molar-refractivity contribution < 1.29 is 9.90 Å². The minimum atomic E-state index is 0.0733. The van der Waals surface area contributed by atoms with Gasteiger partial charge in [-0.2, -0.15) is 0 Å². The number of nitrogens with zero attached hydrogens (tertiary/aromatic N) is 3. The molecule has 5 nitrogen and oxygen atoms in total. The van der Waals surface area contributed by atoms with Crippen molar-refractivity contribution in [2.75, 3.05) is 11.4 Å². The van der Waals surface area contributed by atoms with Gasteiger partial charge in [0.2, 0.25) is 5.91 Å². The third-order valence-electron chi connectivity index (χ3n) is 4.11. The summed E-state index contributed by atoms with van der Waals surface area (Å²) in [4.78, 5) is 17.9. The Kier molecular flexibility index (Phi) is 2.69. The highest BCUT2D eigenvalue weighted by Gasteiger charge is 2.22. The molecule has 110 valence electrons. The first-order valence-electron chi connectivity index (χ1n) is 7.21. The maximum Gasteiger partial charge on any atom is 0.223 e. The molecule has 3 heterocycles. The van der Waals surface area contributed by atoms with Crippen LogP contribution in [0, 0.1) is 0 Å². The summed E-state index contributed by atoms with van der Waals surface area (Å²) in [7, 11) is 0. The first kappa shape index (κ1) is 12.9. The van der Waals surface area contributed by atoms with Gasteiger partial charge in [0.05, 0.1) is 5.69 Å². The molecule has 0 bridgehead atoms. The number of rotatable bonds is 1. The topological polar surface area (TPSA) is 57.8 Å². The summed E-state index contributed by atoms with van der Waals surface area (Å²) in [5.74, 6) is 0.238. The number of aromatic hydroxyl groups is 1. The van der Waals surface area contributed by atoms with Gasteiger partial charge >= 0.3 is 0 Å². The number of pyridine rings is 1. The number of imidazole rings is 1. The summed E-state index contributed by atoms with van der Waals surface area (Å²) < 4.78 is 1.81. The van der Waals surface area contributed by atoms with Crippen molar-refractivity contribution in [2.45, 2.75) is 13.3 Å². The van der Waals surface area contributed by atoms with Crippen LogP contribution in [0.15, 0.2) is 42.7 Å². The van der Waals surface area contributed by atoms with Gasteiger partial charge in [-0.25, -0.2) is 4.98 Å². The summed E-state index contributed by atoms with van der Waals surface area (Å²) >= 11 is 0. The summed E-state index contributed by atoms with van der Waals surface area (Å²) in [6, 6.07) is 9.43. The second-order valence-corrected chi connectivity index (χ2v) is 5.51. The lowest BCUT2D eigenvalue weighted by Crippen LogP contribution is -2.25. The number of anilines is 1. The Morgan fingerprint density at radius 1 is 1.32 bits per heavy atom. The first-order valence-corrected chi connectivity index (χ1v) is 7.21. The number of carbonyl (C=O) groups excluding carboxylic acids is 1. The van der Waals surface area contributed by atoms with Crippen LogP contribution >= 0.6 is 0 Å². The van der Waals surface area contributed by atoms with Gasteiger partial charge in [-0.15, -0.1) is 0 Å². The van der Waals surface area contributed by atoms with Crippen molar-refractivity contribution in [3.63, 3.8) is 0 Å². The molecule has 0 radical (unpaired) electrons. The summed E-state index contributed by atoms with van der Waals surface area (Å²) in [6.45, 7) is 2.33. The zero-order valence-corrected chi connectivity index (χ0v) is 12.2. The van der Waals surface area contributed by atoms with E-state index in [4.69, 9.17) is 0 Å². The van der Waals surface area contributed by atoms with Crippen LogP contribution in [0.4, 0.5) is 5.69 Å². The number of hydrogen-bond acceptors (Lipinski definition) is 3. The largest absolute Gasteiger partial charge is 0.504 e. The van der Waals surface area contributed by atoms with Gasteiger partial charge in [0.25, 0.3) is 0 Å². The number of aromatic nitrogens is 2. The number of carbonyl (C=O) groups is 1. The smallest absolute Gasteiger partial charge is 0.223 e. The van der Waals surface area contributed by atoms with Gasteiger partial charge in [-0.3, -0.25) is 4.79 Å². The van der Waals surface area contributed by atoms with E-state index in [1.54, 1.807) is 28.4 Å². The fraction of sp³-hybridized carbons (Fsp3) is 0.176. The highest BCUT2D eigenvalue weighted by atomic mass is 16.3. The van der Waals surface area contributed by atoms with Crippen LogP contribution in [0.2, 0.25) is 0 Å². The Labute approximate surface area is 127 Å². The molecule has 2 aromatic heterocycles. The van der Waals surface area contributed by atoms with E-state index in [9.17, 15) is 9.90 Å². The first-order chi connectivity index (χ1) is 10.6. The van der Waals surface area contributed by atoms with Crippen molar-refractivity contribution in [1.29, 1.82) is 0 Å². The summed E-state index contributed by atoms with van der Waals surface area (Å²) in [5.41, 5.74) is 4.50. The van der Waals surface area contributed by atoms with E-state index in [2.05, 4.69) is 11.1 Å². The van der Waals surface area contributed by atoms with E-state index >= 15 is 0 Å².